The largest absolute Gasteiger partial charge is 0.399 e. The average Bonchev–Trinajstić information content (AvgIpc) is 2.85. The monoisotopic (exact) mass is 283 g/mol. The summed E-state index contributed by atoms with van der Waals surface area (Å²) < 4.78 is 7.11. The van der Waals surface area contributed by atoms with Crippen molar-refractivity contribution in [3.8, 4) is 5.69 Å². The van der Waals surface area contributed by atoms with Gasteiger partial charge in [0.15, 0.2) is 0 Å². The zero-order chi connectivity index (χ0) is 14.8. The lowest BCUT2D eigenvalue weighted by atomic mass is 10.2. The number of aliphatic hydroxyl groups is 1. The zero-order valence-corrected chi connectivity index (χ0v) is 11.8. The molecule has 0 bridgehead atoms. The second kappa shape index (κ2) is 5.55. The molecule has 0 aliphatic carbocycles. The van der Waals surface area contributed by atoms with Gasteiger partial charge in [-0.1, -0.05) is 12.1 Å². The van der Waals surface area contributed by atoms with Gasteiger partial charge in [-0.15, -0.1) is 0 Å². The standard InChI is InChI=1S/C16H17N3O2/c1-21-10-11-3-2-4-13(7-11)19-15-6-5-12(17)8-14(15)18-16(19)9-20/h2-8,20H,9-10,17H2,1H3. The smallest absolute Gasteiger partial charge is 0.140 e. The van der Waals surface area contributed by atoms with Gasteiger partial charge in [0, 0.05) is 18.5 Å². The van der Waals surface area contributed by atoms with Gasteiger partial charge in [-0.2, -0.15) is 0 Å². The summed E-state index contributed by atoms with van der Waals surface area (Å²) in [4.78, 5) is 4.45. The van der Waals surface area contributed by atoms with Crippen LogP contribution in [-0.4, -0.2) is 21.8 Å². The molecule has 0 fully saturated rings. The lowest BCUT2D eigenvalue weighted by Crippen LogP contribution is -2.02. The van der Waals surface area contributed by atoms with Crippen LogP contribution in [0.25, 0.3) is 16.7 Å². The lowest BCUT2D eigenvalue weighted by molar-refractivity contribution is 0.185. The van der Waals surface area contributed by atoms with Gasteiger partial charge in [-0.05, 0) is 35.9 Å². The van der Waals surface area contributed by atoms with Crippen molar-refractivity contribution < 1.29 is 9.84 Å². The van der Waals surface area contributed by atoms with Crippen LogP contribution in [0.5, 0.6) is 0 Å². The van der Waals surface area contributed by atoms with Crippen LogP contribution in [0.3, 0.4) is 0 Å². The number of benzene rings is 2. The topological polar surface area (TPSA) is 73.3 Å². The fraction of sp³-hybridized carbons (Fsp3) is 0.188. The highest BCUT2D eigenvalue weighted by Crippen LogP contribution is 2.24. The summed E-state index contributed by atoms with van der Waals surface area (Å²) in [5.74, 6) is 0.588. The van der Waals surface area contributed by atoms with Gasteiger partial charge >= 0.3 is 0 Å². The molecule has 0 aliphatic heterocycles. The second-order valence-electron chi connectivity index (χ2n) is 4.87. The summed E-state index contributed by atoms with van der Waals surface area (Å²) in [5, 5.41) is 9.58. The molecule has 3 N–H and O–H groups in total. The van der Waals surface area contributed by atoms with Gasteiger partial charge in [-0.25, -0.2) is 4.98 Å². The van der Waals surface area contributed by atoms with Crippen LogP contribution >= 0.6 is 0 Å². The van der Waals surface area contributed by atoms with Crippen LogP contribution < -0.4 is 5.73 Å². The number of hydrogen-bond donors (Lipinski definition) is 2. The number of hydrogen-bond acceptors (Lipinski definition) is 4. The molecule has 3 aromatic rings. The predicted octanol–water partition coefficient (Wildman–Crippen LogP) is 2.25. The fourth-order valence-corrected chi connectivity index (χ4v) is 2.49. The predicted molar refractivity (Wildman–Crippen MR) is 82.1 cm³/mol. The van der Waals surface area contributed by atoms with E-state index in [-0.39, 0.29) is 6.61 Å². The Morgan fingerprint density at radius 3 is 2.86 bits per heavy atom. The molecule has 5 nitrogen and oxygen atoms in total. The highest BCUT2D eigenvalue weighted by Gasteiger charge is 2.12. The molecule has 0 unspecified atom stereocenters. The number of aromatic nitrogens is 2. The summed E-state index contributed by atoms with van der Waals surface area (Å²) in [5.41, 5.74) is 10.2. The van der Waals surface area contributed by atoms with Crippen LogP contribution in [0, 0.1) is 0 Å². The van der Waals surface area contributed by atoms with Crippen molar-refractivity contribution in [1.82, 2.24) is 9.55 Å². The lowest BCUT2D eigenvalue weighted by Gasteiger charge is -2.10. The third-order valence-electron chi connectivity index (χ3n) is 3.37. The zero-order valence-electron chi connectivity index (χ0n) is 11.8. The van der Waals surface area contributed by atoms with Crippen molar-refractivity contribution in [3.05, 3.63) is 53.9 Å². The Morgan fingerprint density at radius 1 is 1.24 bits per heavy atom. The van der Waals surface area contributed by atoms with Crippen molar-refractivity contribution in [3.63, 3.8) is 0 Å². The van der Waals surface area contributed by atoms with E-state index in [0.29, 0.717) is 18.1 Å². The van der Waals surface area contributed by atoms with Gasteiger partial charge in [-0.3, -0.25) is 4.57 Å². The summed E-state index contributed by atoms with van der Waals surface area (Å²) in [6.07, 6.45) is 0. The number of fused-ring (bicyclic) bond motifs is 1. The maximum Gasteiger partial charge on any atom is 0.140 e. The van der Waals surface area contributed by atoms with Crippen molar-refractivity contribution >= 4 is 16.7 Å². The van der Waals surface area contributed by atoms with E-state index >= 15 is 0 Å². The third kappa shape index (κ3) is 2.49. The summed E-state index contributed by atoms with van der Waals surface area (Å²) in [7, 11) is 1.67. The number of anilines is 1. The number of methoxy groups -OCH3 is 1. The van der Waals surface area contributed by atoms with Crippen LogP contribution in [0.1, 0.15) is 11.4 Å². The van der Waals surface area contributed by atoms with Gasteiger partial charge in [0.1, 0.15) is 12.4 Å². The molecule has 1 heterocycles. The average molecular weight is 283 g/mol. The minimum atomic E-state index is -0.136. The molecule has 0 saturated heterocycles. The van der Waals surface area contributed by atoms with Crippen molar-refractivity contribution in [2.45, 2.75) is 13.2 Å². The molecule has 5 heteroatoms. The molecular weight excluding hydrogens is 266 g/mol. The first-order valence-corrected chi connectivity index (χ1v) is 6.69. The Bertz CT molecular complexity index is 780. The Balaban J connectivity index is 2.20. The number of nitrogens with zero attached hydrogens (tertiary/aromatic N) is 2. The third-order valence-corrected chi connectivity index (χ3v) is 3.37. The first kappa shape index (κ1) is 13.6. The van der Waals surface area contributed by atoms with Crippen molar-refractivity contribution in [2.75, 3.05) is 12.8 Å². The molecule has 2 aromatic carbocycles. The molecule has 21 heavy (non-hydrogen) atoms. The van der Waals surface area contributed by atoms with Crippen LogP contribution in [0.2, 0.25) is 0 Å². The fourth-order valence-electron chi connectivity index (χ4n) is 2.49. The first-order chi connectivity index (χ1) is 10.2. The van der Waals surface area contributed by atoms with Crippen LogP contribution in [0.15, 0.2) is 42.5 Å². The van der Waals surface area contributed by atoms with Crippen LogP contribution in [-0.2, 0) is 18.0 Å². The van der Waals surface area contributed by atoms with Crippen molar-refractivity contribution in [2.24, 2.45) is 0 Å². The van der Waals surface area contributed by atoms with Gasteiger partial charge in [0.05, 0.1) is 17.6 Å². The number of nitrogens with two attached hydrogens (primary N) is 1. The Morgan fingerprint density at radius 2 is 2.10 bits per heavy atom. The molecule has 0 spiro atoms. The first-order valence-electron chi connectivity index (χ1n) is 6.69. The van der Waals surface area contributed by atoms with Gasteiger partial charge < -0.3 is 15.6 Å². The van der Waals surface area contributed by atoms with Crippen LogP contribution in [0.4, 0.5) is 5.69 Å². The summed E-state index contributed by atoms with van der Waals surface area (Å²) >= 11 is 0. The molecule has 0 radical (unpaired) electrons. The second-order valence-corrected chi connectivity index (χ2v) is 4.87. The van der Waals surface area contributed by atoms with E-state index in [1.54, 1.807) is 7.11 Å². The summed E-state index contributed by atoms with van der Waals surface area (Å²) in [6, 6.07) is 13.5. The molecule has 0 saturated carbocycles. The summed E-state index contributed by atoms with van der Waals surface area (Å²) in [6.45, 7) is 0.408. The van der Waals surface area contributed by atoms with E-state index in [9.17, 15) is 5.11 Å². The molecular formula is C16H17N3O2. The number of imidazole rings is 1. The van der Waals surface area contributed by atoms with Gasteiger partial charge in [0.2, 0.25) is 0 Å². The van der Waals surface area contributed by atoms with E-state index in [1.165, 1.54) is 0 Å². The number of ether oxygens (including phenoxy) is 1. The van der Waals surface area contributed by atoms with Crippen molar-refractivity contribution in [1.29, 1.82) is 0 Å². The SMILES string of the molecule is COCc1cccc(-n2c(CO)nc3cc(N)ccc32)c1. The number of nitrogen functional groups attached to an aromatic ring is 1. The van der Waals surface area contributed by atoms with E-state index in [0.717, 1.165) is 22.3 Å². The molecule has 1 aromatic heterocycles. The highest BCUT2D eigenvalue weighted by molar-refractivity contribution is 5.81. The number of rotatable bonds is 4. The normalized spacial score (nSPS) is 11.1. The van der Waals surface area contributed by atoms with Gasteiger partial charge in [0.25, 0.3) is 0 Å². The van der Waals surface area contributed by atoms with E-state index in [2.05, 4.69) is 4.98 Å². The maximum absolute atomic E-state index is 9.58. The maximum atomic E-state index is 9.58. The van der Waals surface area contributed by atoms with E-state index < -0.39 is 0 Å². The minimum absolute atomic E-state index is 0.136. The molecule has 108 valence electrons. The Kier molecular flexibility index (Phi) is 3.60. The minimum Gasteiger partial charge on any atom is -0.399 e. The molecule has 3 rings (SSSR count). The number of aliphatic hydroxyl groups excluding tert-OH is 1. The highest BCUT2D eigenvalue weighted by atomic mass is 16.5. The quantitative estimate of drug-likeness (QED) is 0.720. The van der Waals surface area contributed by atoms with E-state index in [1.807, 2.05) is 47.0 Å². The molecule has 0 amide bonds. The Labute approximate surface area is 122 Å². The van der Waals surface area contributed by atoms with E-state index in [4.69, 9.17) is 10.5 Å². The molecule has 0 atom stereocenters. The Hall–Kier alpha value is -2.37. The molecule has 0 aliphatic rings.